The average Bonchev–Trinajstić information content (AvgIpc) is 2.64. The number of aromatic amines is 2. The van der Waals surface area contributed by atoms with Gasteiger partial charge in [-0.15, -0.1) is 5.10 Å². The first-order valence-electron chi connectivity index (χ1n) is 4.54. The van der Waals surface area contributed by atoms with Gasteiger partial charge in [0.2, 0.25) is 11.5 Å². The molecule has 0 aromatic carbocycles. The van der Waals surface area contributed by atoms with Gasteiger partial charge in [-0.05, 0) is 13.0 Å². The third kappa shape index (κ3) is 2.14. The van der Waals surface area contributed by atoms with Gasteiger partial charge < -0.3 is 4.98 Å². The van der Waals surface area contributed by atoms with Crippen LogP contribution in [0.1, 0.15) is 16.2 Å². The number of anilines is 1. The second kappa shape index (κ2) is 3.97. The van der Waals surface area contributed by atoms with Crippen LogP contribution in [0.15, 0.2) is 23.1 Å². The third-order valence-electron chi connectivity index (χ3n) is 1.86. The van der Waals surface area contributed by atoms with Crippen LogP contribution in [-0.4, -0.2) is 26.1 Å². The summed E-state index contributed by atoms with van der Waals surface area (Å²) in [6, 6.07) is 2.70. The molecule has 0 saturated carbocycles. The van der Waals surface area contributed by atoms with Gasteiger partial charge in [0.1, 0.15) is 5.82 Å². The van der Waals surface area contributed by atoms with Gasteiger partial charge in [-0.3, -0.25) is 20.0 Å². The number of rotatable bonds is 2. The summed E-state index contributed by atoms with van der Waals surface area (Å²) in [5.74, 6) is 0.356. The normalized spacial score (nSPS) is 10.1. The summed E-state index contributed by atoms with van der Waals surface area (Å²) in [7, 11) is 0. The molecule has 2 rings (SSSR count). The van der Waals surface area contributed by atoms with Crippen molar-refractivity contribution >= 4 is 11.9 Å². The Kier molecular flexibility index (Phi) is 2.50. The zero-order valence-electron chi connectivity index (χ0n) is 8.44. The molecule has 1 amide bonds. The Labute approximate surface area is 89.9 Å². The zero-order chi connectivity index (χ0) is 11.5. The van der Waals surface area contributed by atoms with Gasteiger partial charge in [0.25, 0.3) is 5.91 Å². The first-order chi connectivity index (χ1) is 7.65. The van der Waals surface area contributed by atoms with E-state index in [0.29, 0.717) is 5.82 Å². The molecule has 0 aliphatic heterocycles. The summed E-state index contributed by atoms with van der Waals surface area (Å²) >= 11 is 0. The van der Waals surface area contributed by atoms with Gasteiger partial charge in [0.15, 0.2) is 0 Å². The molecule has 0 radical (unpaired) electrons. The number of carbonyl (C=O) groups excluding carboxylic acids is 1. The molecule has 0 aliphatic carbocycles. The first-order valence-corrected chi connectivity index (χ1v) is 4.54. The lowest BCUT2D eigenvalue weighted by molar-refractivity contribution is 0.102. The third-order valence-corrected chi connectivity index (χ3v) is 1.86. The van der Waals surface area contributed by atoms with Crippen molar-refractivity contribution in [1.82, 2.24) is 20.2 Å². The van der Waals surface area contributed by atoms with Crippen LogP contribution in [0.2, 0.25) is 0 Å². The number of amides is 1. The largest absolute Gasteiger partial charge is 0.329 e. The molecular formula is C9H9N5O2. The van der Waals surface area contributed by atoms with E-state index in [1.54, 1.807) is 6.92 Å². The number of hydrogen-bond acceptors (Lipinski definition) is 4. The van der Waals surface area contributed by atoms with Crippen LogP contribution in [0, 0.1) is 6.92 Å². The molecule has 0 fully saturated rings. The summed E-state index contributed by atoms with van der Waals surface area (Å²) in [5, 5.41) is 8.80. The summed E-state index contributed by atoms with van der Waals surface area (Å²) in [5.41, 5.74) is -0.0787. The Morgan fingerprint density at radius 3 is 2.94 bits per heavy atom. The minimum absolute atomic E-state index is 0.183. The van der Waals surface area contributed by atoms with E-state index in [-0.39, 0.29) is 17.1 Å². The Balaban J connectivity index is 2.17. The lowest BCUT2D eigenvalue weighted by atomic mass is 10.2. The maximum Gasteiger partial charge on any atom is 0.258 e. The topological polar surface area (TPSA) is 104 Å². The lowest BCUT2D eigenvalue weighted by Gasteiger charge is -1.99. The molecule has 0 bridgehead atoms. The van der Waals surface area contributed by atoms with E-state index >= 15 is 0 Å². The van der Waals surface area contributed by atoms with Gasteiger partial charge in [-0.1, -0.05) is 0 Å². The van der Waals surface area contributed by atoms with Crippen LogP contribution < -0.4 is 10.9 Å². The highest BCUT2D eigenvalue weighted by atomic mass is 16.2. The Hall–Kier alpha value is -2.44. The average molecular weight is 219 g/mol. The smallest absolute Gasteiger partial charge is 0.258 e. The zero-order valence-corrected chi connectivity index (χ0v) is 8.44. The number of pyridine rings is 1. The van der Waals surface area contributed by atoms with Gasteiger partial charge in [-0.2, -0.15) is 4.98 Å². The molecule has 0 saturated heterocycles. The van der Waals surface area contributed by atoms with E-state index < -0.39 is 5.91 Å². The lowest BCUT2D eigenvalue weighted by Crippen LogP contribution is -2.16. The number of hydrogen-bond donors (Lipinski definition) is 3. The molecule has 0 aliphatic rings. The molecule has 2 heterocycles. The summed E-state index contributed by atoms with van der Waals surface area (Å²) in [6.45, 7) is 1.72. The van der Waals surface area contributed by atoms with Crippen LogP contribution in [0.5, 0.6) is 0 Å². The van der Waals surface area contributed by atoms with Crippen LogP contribution in [0.4, 0.5) is 5.95 Å². The molecular weight excluding hydrogens is 210 g/mol. The number of carbonyl (C=O) groups is 1. The molecule has 3 N–H and O–H groups in total. The van der Waals surface area contributed by atoms with Gasteiger partial charge in [-0.25, -0.2) is 0 Å². The van der Waals surface area contributed by atoms with E-state index in [4.69, 9.17) is 0 Å². The van der Waals surface area contributed by atoms with Crippen molar-refractivity contribution in [2.75, 3.05) is 5.32 Å². The monoisotopic (exact) mass is 219 g/mol. The van der Waals surface area contributed by atoms with Crippen LogP contribution in [0.3, 0.4) is 0 Å². The molecule has 7 nitrogen and oxygen atoms in total. The Bertz CT molecular complexity index is 571. The molecule has 7 heteroatoms. The van der Waals surface area contributed by atoms with Crippen molar-refractivity contribution < 1.29 is 4.79 Å². The quantitative estimate of drug-likeness (QED) is 0.664. The molecule has 0 spiro atoms. The Morgan fingerprint density at radius 1 is 1.50 bits per heavy atom. The van der Waals surface area contributed by atoms with Crippen molar-refractivity contribution in [1.29, 1.82) is 0 Å². The van der Waals surface area contributed by atoms with Crippen LogP contribution >= 0.6 is 0 Å². The summed E-state index contributed by atoms with van der Waals surface area (Å²) in [4.78, 5) is 28.9. The molecule has 0 unspecified atom stereocenters. The van der Waals surface area contributed by atoms with Crippen molar-refractivity contribution in [3.05, 3.63) is 40.1 Å². The fourth-order valence-electron chi connectivity index (χ4n) is 1.16. The molecule has 2 aromatic rings. The number of nitrogens with zero attached hydrogens (tertiary/aromatic N) is 2. The van der Waals surface area contributed by atoms with Crippen LogP contribution in [-0.2, 0) is 0 Å². The summed E-state index contributed by atoms with van der Waals surface area (Å²) in [6.07, 6.45) is 1.40. The Morgan fingerprint density at radius 2 is 2.31 bits per heavy atom. The van der Waals surface area contributed by atoms with Crippen molar-refractivity contribution in [2.45, 2.75) is 6.92 Å². The van der Waals surface area contributed by atoms with Crippen molar-refractivity contribution in [2.24, 2.45) is 0 Å². The fourth-order valence-corrected chi connectivity index (χ4v) is 1.16. The van der Waals surface area contributed by atoms with E-state index in [1.165, 1.54) is 18.3 Å². The predicted molar refractivity (Wildman–Crippen MR) is 56.1 cm³/mol. The van der Waals surface area contributed by atoms with E-state index in [2.05, 4.69) is 25.5 Å². The van der Waals surface area contributed by atoms with E-state index in [9.17, 15) is 9.59 Å². The number of nitrogens with one attached hydrogen (secondary N) is 3. The number of aromatic nitrogens is 4. The minimum atomic E-state index is -0.426. The maximum atomic E-state index is 11.6. The van der Waals surface area contributed by atoms with Gasteiger partial charge >= 0.3 is 0 Å². The maximum absolute atomic E-state index is 11.6. The van der Waals surface area contributed by atoms with Crippen molar-refractivity contribution in [3.8, 4) is 0 Å². The standard InChI is InChI=1S/C9H9N5O2/c1-5-11-9(14-13-5)12-8(16)6-2-3-10-7(15)4-6/h2-4H,1H3,(H,10,15)(H2,11,12,13,14,16). The second-order valence-corrected chi connectivity index (χ2v) is 3.14. The van der Waals surface area contributed by atoms with Crippen molar-refractivity contribution in [3.63, 3.8) is 0 Å². The second-order valence-electron chi connectivity index (χ2n) is 3.14. The van der Waals surface area contributed by atoms with Gasteiger partial charge in [0.05, 0.1) is 0 Å². The highest BCUT2D eigenvalue weighted by molar-refractivity contribution is 6.03. The first kappa shape index (κ1) is 10.1. The van der Waals surface area contributed by atoms with Gasteiger partial charge in [0, 0.05) is 17.8 Å². The van der Waals surface area contributed by atoms with Crippen LogP contribution in [0.25, 0.3) is 0 Å². The molecule has 82 valence electrons. The highest BCUT2D eigenvalue weighted by Gasteiger charge is 2.08. The highest BCUT2D eigenvalue weighted by Crippen LogP contribution is 2.01. The number of aryl methyl sites for hydroxylation is 1. The molecule has 0 atom stereocenters. The van der Waals surface area contributed by atoms with E-state index in [1.807, 2.05) is 0 Å². The minimum Gasteiger partial charge on any atom is -0.329 e. The summed E-state index contributed by atoms with van der Waals surface area (Å²) < 4.78 is 0. The predicted octanol–water partition coefficient (Wildman–Crippen LogP) is 0.0537. The van der Waals surface area contributed by atoms with E-state index in [0.717, 1.165) is 0 Å². The molecule has 16 heavy (non-hydrogen) atoms. The number of H-pyrrole nitrogens is 2. The molecule has 2 aromatic heterocycles. The fraction of sp³-hybridized carbons (Fsp3) is 0.111. The SMILES string of the molecule is Cc1nc(NC(=O)c2cc[nH]c(=O)c2)n[nH]1.